The first-order valence-electron chi connectivity index (χ1n) is 5.22. The fraction of sp³-hybridized carbons (Fsp3) is 0.154. The van der Waals surface area contributed by atoms with Crippen molar-refractivity contribution < 1.29 is 0 Å². The third-order valence-corrected chi connectivity index (χ3v) is 4.36. The number of thiophene rings is 1. The number of hydrogen-bond donors (Lipinski definition) is 1. The zero-order valence-electron chi connectivity index (χ0n) is 9.11. The fourth-order valence-electron chi connectivity index (χ4n) is 1.55. The van der Waals surface area contributed by atoms with Crippen LogP contribution in [-0.4, -0.2) is 0 Å². The first-order chi connectivity index (χ1) is 8.31. The molecular formula is C13H11BrN2S. The lowest BCUT2D eigenvalue weighted by atomic mass is 10.1. The molecule has 0 bridgehead atoms. The summed E-state index contributed by atoms with van der Waals surface area (Å²) in [6, 6.07) is 11.9. The minimum absolute atomic E-state index is 0.716. The van der Waals surface area contributed by atoms with Gasteiger partial charge in [0.15, 0.2) is 0 Å². The third-order valence-electron chi connectivity index (χ3n) is 2.43. The molecule has 0 aliphatic heterocycles. The molecule has 1 aromatic carbocycles. The van der Waals surface area contributed by atoms with Gasteiger partial charge >= 0.3 is 0 Å². The van der Waals surface area contributed by atoms with Crippen LogP contribution in [0.2, 0.25) is 0 Å². The minimum atomic E-state index is 0.716. The predicted octanol–water partition coefficient (Wildman–Crippen LogP) is 3.67. The average molecular weight is 307 g/mol. The molecule has 2 rings (SSSR count). The van der Waals surface area contributed by atoms with Gasteiger partial charge in [0.25, 0.3) is 0 Å². The van der Waals surface area contributed by atoms with Gasteiger partial charge in [-0.3, -0.25) is 0 Å². The van der Waals surface area contributed by atoms with Gasteiger partial charge in [0.1, 0.15) is 0 Å². The van der Waals surface area contributed by atoms with Gasteiger partial charge in [0, 0.05) is 22.4 Å². The topological polar surface area (TPSA) is 35.8 Å². The van der Waals surface area contributed by atoms with Crippen molar-refractivity contribution in [2.75, 3.05) is 0 Å². The molecule has 0 radical (unpaired) electrons. The van der Waals surface area contributed by atoms with E-state index in [1.807, 2.05) is 30.3 Å². The van der Waals surface area contributed by atoms with Crippen LogP contribution in [0.25, 0.3) is 0 Å². The second-order valence-corrected chi connectivity index (χ2v) is 5.42. The molecule has 0 fully saturated rings. The summed E-state index contributed by atoms with van der Waals surface area (Å²) < 4.78 is 1.14. The van der Waals surface area contributed by atoms with Crippen molar-refractivity contribution in [3.63, 3.8) is 0 Å². The normalized spacial score (nSPS) is 10.1. The van der Waals surface area contributed by atoms with E-state index in [9.17, 15) is 0 Å². The molecule has 86 valence electrons. The van der Waals surface area contributed by atoms with Crippen molar-refractivity contribution in [3.05, 3.63) is 56.2 Å². The third kappa shape index (κ3) is 3.16. The highest BCUT2D eigenvalue weighted by atomic mass is 79.9. The molecule has 0 saturated carbocycles. The monoisotopic (exact) mass is 306 g/mol. The standard InChI is InChI=1S/C13H11BrN2S/c14-12-5-6-17-13(12)9-16-8-11-4-2-1-3-10(11)7-15/h1-6,16H,8-9H2. The van der Waals surface area contributed by atoms with Crippen LogP contribution in [0.4, 0.5) is 0 Å². The number of benzene rings is 1. The Hall–Kier alpha value is -1.15. The van der Waals surface area contributed by atoms with Crippen LogP contribution < -0.4 is 5.32 Å². The van der Waals surface area contributed by atoms with E-state index < -0.39 is 0 Å². The van der Waals surface area contributed by atoms with Gasteiger partial charge in [-0.15, -0.1) is 11.3 Å². The first-order valence-corrected chi connectivity index (χ1v) is 6.89. The summed E-state index contributed by atoms with van der Waals surface area (Å²) in [6.45, 7) is 1.53. The van der Waals surface area contributed by atoms with Crippen LogP contribution in [0.1, 0.15) is 16.0 Å². The highest BCUT2D eigenvalue weighted by molar-refractivity contribution is 9.10. The Labute approximate surface area is 113 Å². The van der Waals surface area contributed by atoms with Crippen LogP contribution in [0.3, 0.4) is 0 Å². The van der Waals surface area contributed by atoms with E-state index in [1.165, 1.54) is 4.88 Å². The number of hydrogen-bond acceptors (Lipinski definition) is 3. The highest BCUT2D eigenvalue weighted by Crippen LogP contribution is 2.22. The van der Waals surface area contributed by atoms with Gasteiger partial charge in [-0.1, -0.05) is 18.2 Å². The Morgan fingerprint density at radius 1 is 1.24 bits per heavy atom. The maximum absolute atomic E-state index is 8.96. The smallest absolute Gasteiger partial charge is 0.0995 e. The first kappa shape index (κ1) is 12.3. The Kier molecular flexibility index (Phi) is 4.32. The molecule has 0 atom stereocenters. The van der Waals surface area contributed by atoms with Crippen LogP contribution in [0, 0.1) is 11.3 Å². The number of nitrogens with zero attached hydrogens (tertiary/aromatic N) is 1. The molecule has 1 aromatic heterocycles. The zero-order chi connectivity index (χ0) is 12.1. The molecule has 2 nitrogen and oxygen atoms in total. The van der Waals surface area contributed by atoms with Crippen molar-refractivity contribution in [2.45, 2.75) is 13.1 Å². The van der Waals surface area contributed by atoms with E-state index in [-0.39, 0.29) is 0 Å². The maximum atomic E-state index is 8.96. The largest absolute Gasteiger partial charge is 0.308 e. The summed E-state index contributed by atoms with van der Waals surface area (Å²) >= 11 is 5.22. The zero-order valence-corrected chi connectivity index (χ0v) is 11.5. The van der Waals surface area contributed by atoms with Gasteiger partial charge in [0.05, 0.1) is 11.6 Å². The summed E-state index contributed by atoms with van der Waals surface area (Å²) in [5, 5.41) is 14.4. The van der Waals surface area contributed by atoms with Crippen LogP contribution in [0.5, 0.6) is 0 Å². The lowest BCUT2D eigenvalue weighted by molar-refractivity contribution is 0.698. The Morgan fingerprint density at radius 3 is 2.76 bits per heavy atom. The summed E-state index contributed by atoms with van der Waals surface area (Å²) in [6.07, 6.45) is 0. The van der Waals surface area contributed by atoms with E-state index in [0.29, 0.717) is 6.54 Å². The van der Waals surface area contributed by atoms with E-state index in [2.05, 4.69) is 32.7 Å². The molecule has 0 unspecified atom stereocenters. The second kappa shape index (κ2) is 5.97. The molecule has 0 spiro atoms. The highest BCUT2D eigenvalue weighted by Gasteiger charge is 2.02. The van der Waals surface area contributed by atoms with Gasteiger partial charge < -0.3 is 5.32 Å². The fourth-order valence-corrected chi connectivity index (χ4v) is 3.01. The van der Waals surface area contributed by atoms with Crippen LogP contribution in [-0.2, 0) is 13.1 Å². The Bertz CT molecular complexity index is 542. The predicted molar refractivity (Wildman–Crippen MR) is 73.7 cm³/mol. The van der Waals surface area contributed by atoms with Gasteiger partial charge in [-0.25, -0.2) is 0 Å². The molecule has 0 amide bonds. The number of rotatable bonds is 4. The molecule has 4 heteroatoms. The van der Waals surface area contributed by atoms with E-state index >= 15 is 0 Å². The number of halogens is 1. The van der Waals surface area contributed by atoms with Gasteiger partial charge in [0.2, 0.25) is 0 Å². The molecule has 0 aliphatic carbocycles. The average Bonchev–Trinajstić information content (AvgIpc) is 2.76. The van der Waals surface area contributed by atoms with Crippen LogP contribution >= 0.6 is 27.3 Å². The van der Waals surface area contributed by atoms with Crippen molar-refractivity contribution in [1.29, 1.82) is 5.26 Å². The second-order valence-electron chi connectivity index (χ2n) is 3.56. The quantitative estimate of drug-likeness (QED) is 0.935. The summed E-state index contributed by atoms with van der Waals surface area (Å²) in [5.74, 6) is 0. The van der Waals surface area contributed by atoms with E-state index in [4.69, 9.17) is 5.26 Å². The lowest BCUT2D eigenvalue weighted by Crippen LogP contribution is -2.12. The van der Waals surface area contributed by atoms with Crippen molar-refractivity contribution >= 4 is 27.3 Å². The van der Waals surface area contributed by atoms with Crippen molar-refractivity contribution in [1.82, 2.24) is 5.32 Å². The Balaban J connectivity index is 1.95. The van der Waals surface area contributed by atoms with Crippen molar-refractivity contribution in [3.8, 4) is 6.07 Å². The Morgan fingerprint density at radius 2 is 2.06 bits per heavy atom. The molecule has 0 aliphatic rings. The van der Waals surface area contributed by atoms with Crippen LogP contribution in [0.15, 0.2) is 40.2 Å². The molecule has 0 saturated heterocycles. The number of nitrogens with one attached hydrogen (secondary N) is 1. The molecule has 1 heterocycles. The molecule has 2 aromatic rings. The molecule has 17 heavy (non-hydrogen) atoms. The summed E-state index contributed by atoms with van der Waals surface area (Å²) in [4.78, 5) is 1.28. The van der Waals surface area contributed by atoms with Gasteiger partial charge in [-0.2, -0.15) is 5.26 Å². The minimum Gasteiger partial charge on any atom is -0.308 e. The van der Waals surface area contributed by atoms with Gasteiger partial charge in [-0.05, 0) is 39.0 Å². The SMILES string of the molecule is N#Cc1ccccc1CNCc1sccc1Br. The summed E-state index contributed by atoms with van der Waals surface area (Å²) in [5.41, 5.74) is 1.79. The maximum Gasteiger partial charge on any atom is 0.0995 e. The lowest BCUT2D eigenvalue weighted by Gasteiger charge is -2.05. The molecule has 1 N–H and O–H groups in total. The molecular weight excluding hydrogens is 296 g/mol. The van der Waals surface area contributed by atoms with Crippen molar-refractivity contribution in [2.24, 2.45) is 0 Å². The summed E-state index contributed by atoms with van der Waals surface area (Å²) in [7, 11) is 0. The van der Waals surface area contributed by atoms with E-state index in [1.54, 1.807) is 11.3 Å². The van der Waals surface area contributed by atoms with E-state index in [0.717, 1.165) is 22.1 Å². The number of nitriles is 1.